The number of primary amides is 1. The van der Waals surface area contributed by atoms with Gasteiger partial charge in [0.15, 0.2) is 6.10 Å². The Labute approximate surface area is 110 Å². The number of carbonyl (C=O) groups excluding carboxylic acids is 2. The summed E-state index contributed by atoms with van der Waals surface area (Å²) in [6.45, 7) is 1.21. The van der Waals surface area contributed by atoms with Gasteiger partial charge in [0.1, 0.15) is 11.5 Å². The van der Waals surface area contributed by atoms with E-state index in [4.69, 9.17) is 15.2 Å². The van der Waals surface area contributed by atoms with Crippen molar-refractivity contribution >= 4 is 11.9 Å². The first-order valence-electron chi connectivity index (χ1n) is 5.52. The number of nitrogens with two attached hydrogens (primary N) is 1. The molecule has 1 unspecified atom stereocenters. The predicted octanol–water partition coefficient (Wildman–Crippen LogP) is 0.150. The van der Waals surface area contributed by atoms with Gasteiger partial charge in [0.2, 0.25) is 0 Å². The van der Waals surface area contributed by atoms with Crippen LogP contribution in [0.2, 0.25) is 0 Å². The van der Waals surface area contributed by atoms with Crippen LogP contribution in [-0.2, 0) is 11.4 Å². The molecule has 0 radical (unpaired) electrons. The highest BCUT2D eigenvalue weighted by Crippen LogP contribution is 2.25. The number of benzene rings is 1. The van der Waals surface area contributed by atoms with Crippen LogP contribution in [0.5, 0.6) is 11.5 Å². The van der Waals surface area contributed by atoms with Crippen molar-refractivity contribution in [2.45, 2.75) is 19.6 Å². The molecule has 1 atom stereocenters. The van der Waals surface area contributed by atoms with E-state index in [-0.39, 0.29) is 6.61 Å². The van der Waals surface area contributed by atoms with Gasteiger partial charge in [-0.1, -0.05) is 0 Å². The van der Waals surface area contributed by atoms with Gasteiger partial charge in [-0.15, -0.1) is 0 Å². The van der Waals surface area contributed by atoms with E-state index in [0.29, 0.717) is 17.1 Å². The molecule has 7 heteroatoms. The van der Waals surface area contributed by atoms with E-state index in [9.17, 15) is 14.7 Å². The Kier molecular flexibility index (Phi) is 5.13. The largest absolute Gasteiger partial charge is 0.497 e. The van der Waals surface area contributed by atoms with Crippen molar-refractivity contribution in [3.8, 4) is 11.5 Å². The fraction of sp³-hybridized carbons (Fsp3) is 0.333. The topological polar surface area (TPSA) is 111 Å². The van der Waals surface area contributed by atoms with Crippen LogP contribution in [-0.4, -0.2) is 30.3 Å². The monoisotopic (exact) mass is 268 g/mol. The van der Waals surface area contributed by atoms with E-state index in [1.54, 1.807) is 18.2 Å². The molecule has 104 valence electrons. The van der Waals surface area contributed by atoms with Crippen molar-refractivity contribution in [2.24, 2.45) is 5.73 Å². The van der Waals surface area contributed by atoms with Crippen LogP contribution in [0.25, 0.3) is 0 Å². The van der Waals surface area contributed by atoms with Crippen molar-refractivity contribution in [1.29, 1.82) is 0 Å². The van der Waals surface area contributed by atoms with Gasteiger partial charge in [0.05, 0.1) is 13.7 Å². The summed E-state index contributed by atoms with van der Waals surface area (Å²) in [7, 11) is 1.49. The Morgan fingerprint density at radius 1 is 1.47 bits per heavy atom. The molecule has 0 aromatic heterocycles. The van der Waals surface area contributed by atoms with E-state index >= 15 is 0 Å². The molecular formula is C12H16N2O5. The molecule has 1 rings (SSSR count). The number of rotatable bonds is 5. The van der Waals surface area contributed by atoms with Crippen LogP contribution in [0.3, 0.4) is 0 Å². The molecule has 3 amide bonds. The van der Waals surface area contributed by atoms with Gasteiger partial charge in [0.25, 0.3) is 5.91 Å². The SMILES string of the molecule is COc1ccc(CO)c(OC(C)C(=O)NC(N)=O)c1. The first-order valence-corrected chi connectivity index (χ1v) is 5.52. The highest BCUT2D eigenvalue weighted by molar-refractivity contribution is 5.95. The molecule has 1 aromatic rings. The number of amides is 3. The first kappa shape index (κ1) is 14.8. The number of ether oxygens (including phenoxy) is 2. The number of imide groups is 1. The molecule has 0 saturated heterocycles. The van der Waals surface area contributed by atoms with Gasteiger partial charge in [0, 0.05) is 11.6 Å². The number of hydrogen-bond donors (Lipinski definition) is 3. The fourth-order valence-corrected chi connectivity index (χ4v) is 1.37. The lowest BCUT2D eigenvalue weighted by atomic mass is 10.2. The Morgan fingerprint density at radius 3 is 2.68 bits per heavy atom. The van der Waals surface area contributed by atoms with Crippen LogP contribution in [0.1, 0.15) is 12.5 Å². The lowest BCUT2D eigenvalue weighted by Crippen LogP contribution is -2.42. The zero-order chi connectivity index (χ0) is 14.4. The Hall–Kier alpha value is -2.28. The van der Waals surface area contributed by atoms with Crippen molar-refractivity contribution in [3.63, 3.8) is 0 Å². The molecule has 0 aliphatic carbocycles. The van der Waals surface area contributed by atoms with Crippen LogP contribution < -0.4 is 20.5 Å². The molecule has 0 spiro atoms. The summed E-state index contributed by atoms with van der Waals surface area (Å²) in [5, 5.41) is 11.1. The lowest BCUT2D eigenvalue weighted by Gasteiger charge is -2.16. The van der Waals surface area contributed by atoms with Gasteiger partial charge in [-0.25, -0.2) is 4.79 Å². The molecular weight excluding hydrogens is 252 g/mol. The third-order valence-corrected chi connectivity index (χ3v) is 2.36. The molecule has 0 fully saturated rings. The molecule has 7 nitrogen and oxygen atoms in total. The van der Waals surface area contributed by atoms with Crippen molar-refractivity contribution in [2.75, 3.05) is 7.11 Å². The Morgan fingerprint density at radius 2 is 2.16 bits per heavy atom. The molecule has 1 aromatic carbocycles. The van der Waals surface area contributed by atoms with Crippen molar-refractivity contribution < 1.29 is 24.2 Å². The third kappa shape index (κ3) is 4.14. The summed E-state index contributed by atoms with van der Waals surface area (Å²) in [5.74, 6) is 0.155. The van der Waals surface area contributed by atoms with Crippen LogP contribution in [0, 0.1) is 0 Å². The minimum absolute atomic E-state index is 0.247. The van der Waals surface area contributed by atoms with Gasteiger partial charge < -0.3 is 20.3 Å². The highest BCUT2D eigenvalue weighted by Gasteiger charge is 2.18. The minimum atomic E-state index is -0.950. The predicted molar refractivity (Wildman–Crippen MR) is 66.7 cm³/mol. The van der Waals surface area contributed by atoms with Crippen molar-refractivity contribution in [3.05, 3.63) is 23.8 Å². The first-order chi connectivity index (χ1) is 8.97. The second-order valence-electron chi connectivity index (χ2n) is 3.75. The standard InChI is InChI=1S/C12H16N2O5/c1-7(11(16)14-12(13)17)19-10-5-9(18-2)4-3-8(10)6-15/h3-5,7,15H,6H2,1-2H3,(H3,13,14,16,17). The summed E-state index contributed by atoms with van der Waals surface area (Å²) in [4.78, 5) is 22.0. The maximum absolute atomic E-state index is 11.5. The summed E-state index contributed by atoms with van der Waals surface area (Å²) in [6, 6.07) is 3.87. The fourth-order valence-electron chi connectivity index (χ4n) is 1.37. The maximum atomic E-state index is 11.5. The average Bonchev–Trinajstić information content (AvgIpc) is 2.37. The number of hydrogen-bond acceptors (Lipinski definition) is 5. The quantitative estimate of drug-likeness (QED) is 0.704. The second-order valence-corrected chi connectivity index (χ2v) is 3.75. The van der Waals surface area contributed by atoms with Gasteiger partial charge in [-0.2, -0.15) is 0 Å². The van der Waals surface area contributed by atoms with Gasteiger partial charge >= 0.3 is 6.03 Å². The second kappa shape index (κ2) is 6.60. The zero-order valence-electron chi connectivity index (χ0n) is 10.7. The smallest absolute Gasteiger partial charge is 0.318 e. The molecule has 19 heavy (non-hydrogen) atoms. The zero-order valence-corrected chi connectivity index (χ0v) is 10.7. The summed E-state index contributed by atoms with van der Waals surface area (Å²) in [5.41, 5.74) is 5.34. The number of urea groups is 1. The molecule has 0 saturated carbocycles. The van der Waals surface area contributed by atoms with E-state index in [1.807, 2.05) is 5.32 Å². The summed E-state index contributed by atoms with van der Waals surface area (Å²) in [6.07, 6.45) is -0.940. The summed E-state index contributed by atoms with van der Waals surface area (Å²) >= 11 is 0. The average molecular weight is 268 g/mol. The summed E-state index contributed by atoms with van der Waals surface area (Å²) < 4.78 is 10.4. The molecule has 0 aliphatic rings. The molecule has 4 N–H and O–H groups in total. The number of aliphatic hydroxyl groups is 1. The number of aliphatic hydroxyl groups excluding tert-OH is 1. The molecule has 0 aliphatic heterocycles. The van der Waals surface area contributed by atoms with Crippen LogP contribution in [0.4, 0.5) is 4.79 Å². The Balaban J connectivity index is 2.85. The Bertz CT molecular complexity index is 475. The van der Waals surface area contributed by atoms with Crippen molar-refractivity contribution in [1.82, 2.24) is 5.32 Å². The maximum Gasteiger partial charge on any atom is 0.318 e. The molecule has 0 bridgehead atoms. The number of carbonyl (C=O) groups is 2. The van der Waals surface area contributed by atoms with E-state index in [2.05, 4.69) is 0 Å². The van der Waals surface area contributed by atoms with Gasteiger partial charge in [-0.05, 0) is 19.1 Å². The molecule has 0 heterocycles. The highest BCUT2D eigenvalue weighted by atomic mass is 16.5. The normalized spacial score (nSPS) is 11.5. The van der Waals surface area contributed by atoms with Gasteiger partial charge in [-0.3, -0.25) is 10.1 Å². The van der Waals surface area contributed by atoms with Crippen LogP contribution >= 0.6 is 0 Å². The van der Waals surface area contributed by atoms with Crippen LogP contribution in [0.15, 0.2) is 18.2 Å². The van der Waals surface area contributed by atoms with E-state index in [1.165, 1.54) is 14.0 Å². The number of methoxy groups -OCH3 is 1. The van der Waals surface area contributed by atoms with E-state index in [0.717, 1.165) is 0 Å². The minimum Gasteiger partial charge on any atom is -0.497 e. The third-order valence-electron chi connectivity index (χ3n) is 2.36. The lowest BCUT2D eigenvalue weighted by molar-refractivity contribution is -0.126. The number of nitrogens with one attached hydrogen (secondary N) is 1. The van der Waals surface area contributed by atoms with E-state index < -0.39 is 18.0 Å².